The summed E-state index contributed by atoms with van der Waals surface area (Å²) in [4.78, 5) is 12.0. The van der Waals surface area contributed by atoms with E-state index in [2.05, 4.69) is 17.6 Å². The van der Waals surface area contributed by atoms with Gasteiger partial charge in [-0.1, -0.05) is 0 Å². The molecule has 0 aliphatic heterocycles. The van der Waals surface area contributed by atoms with Crippen molar-refractivity contribution in [2.45, 2.75) is 51.5 Å². The summed E-state index contributed by atoms with van der Waals surface area (Å²) < 4.78 is 5.18. The minimum atomic E-state index is -0.230. The molecule has 25 heavy (non-hydrogen) atoms. The van der Waals surface area contributed by atoms with E-state index in [4.69, 9.17) is 16.6 Å². The summed E-state index contributed by atoms with van der Waals surface area (Å²) in [6, 6.07) is 3.90. The number of carbonyl (C=O) groups excluding carboxylic acids is 1. The van der Waals surface area contributed by atoms with Crippen molar-refractivity contribution in [2.75, 3.05) is 0 Å². The van der Waals surface area contributed by atoms with Crippen molar-refractivity contribution in [3.63, 3.8) is 0 Å². The van der Waals surface area contributed by atoms with Crippen molar-refractivity contribution < 1.29 is 9.21 Å². The molecule has 0 unspecified atom stereocenters. The summed E-state index contributed by atoms with van der Waals surface area (Å²) in [5, 5.41) is 6.59. The molecule has 0 aromatic carbocycles. The SMILES string of the molecule is C[C@@H](NC(=S)NC(=O)/C=C/c1ccco1)C12CC3CC(CC(C3)C1)C2. The molecule has 134 valence electrons. The summed E-state index contributed by atoms with van der Waals surface area (Å²) in [6.45, 7) is 2.24. The summed E-state index contributed by atoms with van der Waals surface area (Å²) in [7, 11) is 0. The summed E-state index contributed by atoms with van der Waals surface area (Å²) in [5.41, 5.74) is 0.369. The highest BCUT2D eigenvalue weighted by Crippen LogP contribution is 2.61. The molecular weight excluding hydrogens is 332 g/mol. The average Bonchev–Trinajstić information content (AvgIpc) is 3.05. The smallest absolute Gasteiger partial charge is 0.250 e. The van der Waals surface area contributed by atoms with Crippen LogP contribution in [-0.2, 0) is 4.79 Å². The van der Waals surface area contributed by atoms with E-state index in [-0.39, 0.29) is 5.91 Å². The maximum Gasteiger partial charge on any atom is 0.250 e. The second-order valence-corrected chi connectivity index (χ2v) is 8.72. The average molecular weight is 359 g/mol. The van der Waals surface area contributed by atoms with Gasteiger partial charge in [0.15, 0.2) is 5.11 Å². The predicted octanol–water partition coefficient (Wildman–Crippen LogP) is 3.89. The summed E-state index contributed by atoms with van der Waals surface area (Å²) in [5.74, 6) is 3.15. The molecule has 4 bridgehead atoms. The van der Waals surface area contributed by atoms with Crippen molar-refractivity contribution >= 4 is 29.3 Å². The Labute approximate surface area is 154 Å². The molecule has 4 nitrogen and oxygen atoms in total. The van der Waals surface area contributed by atoms with Gasteiger partial charge in [0.25, 0.3) is 0 Å². The maximum atomic E-state index is 12.0. The molecule has 2 N–H and O–H groups in total. The summed E-state index contributed by atoms with van der Waals surface area (Å²) >= 11 is 5.38. The van der Waals surface area contributed by atoms with Crippen molar-refractivity contribution in [1.29, 1.82) is 0 Å². The standard InChI is InChI=1S/C20H26N2O2S/c1-13(20-10-14-7-15(11-20)9-16(8-14)12-20)21-19(25)22-18(23)5-4-17-3-2-6-24-17/h2-6,13-16H,7-12H2,1H3,(H2,21,22,23,25)/b5-4+/t13-,14?,15?,16?,20?/m1/s1. The Kier molecular flexibility index (Phi) is 4.44. The molecule has 1 heterocycles. The van der Waals surface area contributed by atoms with Crippen LogP contribution in [0.1, 0.15) is 51.2 Å². The van der Waals surface area contributed by atoms with Crippen molar-refractivity contribution in [2.24, 2.45) is 23.2 Å². The van der Waals surface area contributed by atoms with Gasteiger partial charge in [0.1, 0.15) is 5.76 Å². The first-order chi connectivity index (χ1) is 12.0. The number of amides is 1. The molecule has 5 heteroatoms. The van der Waals surface area contributed by atoms with E-state index in [0.29, 0.717) is 22.3 Å². The Hall–Kier alpha value is -1.62. The zero-order chi connectivity index (χ0) is 17.4. The molecule has 1 aromatic heterocycles. The second-order valence-electron chi connectivity index (χ2n) is 8.31. The third-order valence-corrected chi connectivity index (χ3v) is 6.75. The van der Waals surface area contributed by atoms with Gasteiger partial charge >= 0.3 is 0 Å². The number of carbonyl (C=O) groups is 1. The van der Waals surface area contributed by atoms with Gasteiger partial charge in [-0.05, 0) is 99.0 Å². The molecule has 4 saturated carbocycles. The normalized spacial score (nSPS) is 34.2. The van der Waals surface area contributed by atoms with Gasteiger partial charge < -0.3 is 9.73 Å². The lowest BCUT2D eigenvalue weighted by Gasteiger charge is -2.59. The molecule has 4 fully saturated rings. The first kappa shape index (κ1) is 16.8. The van der Waals surface area contributed by atoms with Gasteiger partial charge in [-0.15, -0.1) is 0 Å². The Morgan fingerprint density at radius 2 is 1.92 bits per heavy atom. The quantitative estimate of drug-likeness (QED) is 0.633. The van der Waals surface area contributed by atoms with Gasteiger partial charge in [0.2, 0.25) is 5.91 Å². The topological polar surface area (TPSA) is 54.3 Å². The molecule has 4 aliphatic carbocycles. The highest BCUT2D eigenvalue weighted by Gasteiger charge is 2.53. The van der Waals surface area contributed by atoms with Gasteiger partial charge in [0.05, 0.1) is 6.26 Å². The Morgan fingerprint density at radius 3 is 2.48 bits per heavy atom. The number of nitrogens with one attached hydrogen (secondary N) is 2. The lowest BCUT2D eigenvalue weighted by atomic mass is 9.48. The highest BCUT2D eigenvalue weighted by atomic mass is 32.1. The van der Waals surface area contributed by atoms with Crippen LogP contribution in [0.4, 0.5) is 0 Å². The fourth-order valence-corrected chi connectivity index (χ4v) is 6.07. The van der Waals surface area contributed by atoms with Gasteiger partial charge in [-0.2, -0.15) is 0 Å². The first-order valence-electron chi connectivity index (χ1n) is 9.35. The molecule has 1 aromatic rings. The van der Waals surface area contributed by atoms with E-state index >= 15 is 0 Å². The van der Waals surface area contributed by atoms with E-state index in [1.165, 1.54) is 44.6 Å². The molecule has 0 saturated heterocycles. The number of thiocarbonyl (C=S) groups is 1. The van der Waals surface area contributed by atoms with E-state index in [1.807, 2.05) is 0 Å². The summed E-state index contributed by atoms with van der Waals surface area (Å²) in [6.07, 6.45) is 12.9. The van der Waals surface area contributed by atoms with Crippen LogP contribution in [0.25, 0.3) is 6.08 Å². The third kappa shape index (κ3) is 3.52. The fraction of sp³-hybridized carbons (Fsp3) is 0.600. The molecule has 5 rings (SSSR count). The van der Waals surface area contributed by atoms with Gasteiger partial charge in [-0.3, -0.25) is 10.1 Å². The van der Waals surface area contributed by atoms with Crippen LogP contribution in [0.15, 0.2) is 28.9 Å². The Morgan fingerprint density at radius 1 is 1.28 bits per heavy atom. The van der Waals surface area contributed by atoms with Crippen molar-refractivity contribution in [1.82, 2.24) is 10.6 Å². The molecule has 1 amide bonds. The van der Waals surface area contributed by atoms with E-state index in [0.717, 1.165) is 17.8 Å². The second kappa shape index (κ2) is 6.60. The van der Waals surface area contributed by atoms with E-state index < -0.39 is 0 Å². The van der Waals surface area contributed by atoms with Crippen LogP contribution in [-0.4, -0.2) is 17.1 Å². The third-order valence-electron chi connectivity index (χ3n) is 6.53. The van der Waals surface area contributed by atoms with Crippen molar-refractivity contribution in [3.05, 3.63) is 30.2 Å². The maximum absolute atomic E-state index is 12.0. The molecule has 1 atom stereocenters. The Bertz CT molecular complexity index is 645. The minimum Gasteiger partial charge on any atom is -0.465 e. The lowest BCUT2D eigenvalue weighted by Crippen LogP contribution is -2.57. The van der Waals surface area contributed by atoms with Crippen LogP contribution in [0, 0.1) is 23.2 Å². The number of hydrogen-bond acceptors (Lipinski definition) is 3. The van der Waals surface area contributed by atoms with Crippen LogP contribution < -0.4 is 10.6 Å². The van der Waals surface area contributed by atoms with E-state index in [1.54, 1.807) is 24.5 Å². The number of hydrogen-bond donors (Lipinski definition) is 2. The first-order valence-corrected chi connectivity index (χ1v) is 9.76. The highest BCUT2D eigenvalue weighted by molar-refractivity contribution is 7.80. The number of rotatable bonds is 4. The van der Waals surface area contributed by atoms with Crippen LogP contribution >= 0.6 is 12.2 Å². The number of furan rings is 1. The van der Waals surface area contributed by atoms with Crippen LogP contribution in [0.5, 0.6) is 0 Å². The van der Waals surface area contributed by atoms with E-state index in [9.17, 15) is 4.79 Å². The molecule has 0 spiro atoms. The van der Waals surface area contributed by atoms with Crippen LogP contribution in [0.2, 0.25) is 0 Å². The largest absolute Gasteiger partial charge is 0.465 e. The van der Waals surface area contributed by atoms with Crippen molar-refractivity contribution in [3.8, 4) is 0 Å². The molecule has 4 aliphatic rings. The molecule has 0 radical (unpaired) electrons. The predicted molar refractivity (Wildman–Crippen MR) is 102 cm³/mol. The zero-order valence-electron chi connectivity index (χ0n) is 14.7. The zero-order valence-corrected chi connectivity index (χ0v) is 15.5. The van der Waals surface area contributed by atoms with Crippen LogP contribution in [0.3, 0.4) is 0 Å². The molecular formula is C20H26N2O2S. The van der Waals surface area contributed by atoms with Gasteiger partial charge in [0, 0.05) is 12.1 Å². The lowest BCUT2D eigenvalue weighted by molar-refractivity contribution is -0.115. The minimum absolute atomic E-state index is 0.230. The van der Waals surface area contributed by atoms with Gasteiger partial charge in [-0.25, -0.2) is 0 Å². The Balaban J connectivity index is 1.32. The fourth-order valence-electron chi connectivity index (χ4n) is 5.79. The monoisotopic (exact) mass is 358 g/mol.